The van der Waals surface area contributed by atoms with Gasteiger partial charge in [-0.2, -0.15) is 0 Å². The second-order valence-corrected chi connectivity index (χ2v) is 9.21. The molecule has 32 heavy (non-hydrogen) atoms. The lowest BCUT2D eigenvalue weighted by molar-refractivity contribution is 0.393. The Morgan fingerprint density at radius 2 is 1.78 bits per heavy atom. The normalized spacial score (nSPS) is 14.8. The van der Waals surface area contributed by atoms with Gasteiger partial charge in [0.15, 0.2) is 0 Å². The molecule has 0 spiro atoms. The fourth-order valence-electron chi connectivity index (χ4n) is 4.93. The van der Waals surface area contributed by atoms with Gasteiger partial charge in [-0.3, -0.25) is 4.40 Å². The van der Waals surface area contributed by atoms with Gasteiger partial charge >= 0.3 is 0 Å². The van der Waals surface area contributed by atoms with E-state index in [4.69, 9.17) is 9.51 Å². The number of nitrogens with zero attached hydrogens (tertiary/aromatic N) is 3. The second-order valence-electron chi connectivity index (χ2n) is 9.21. The summed E-state index contributed by atoms with van der Waals surface area (Å²) in [6.07, 6.45) is 10.5. The van der Waals surface area contributed by atoms with Crippen molar-refractivity contribution >= 4 is 11.5 Å². The first-order valence-corrected chi connectivity index (χ1v) is 11.8. The van der Waals surface area contributed by atoms with E-state index in [2.05, 4.69) is 64.4 Å². The zero-order valence-corrected chi connectivity index (χ0v) is 19.3. The number of imidazole rings is 1. The second kappa shape index (κ2) is 8.81. The lowest BCUT2D eigenvalue weighted by Gasteiger charge is -2.24. The molecule has 5 rings (SSSR count). The topological polar surface area (TPSA) is 55.4 Å². The van der Waals surface area contributed by atoms with Crippen LogP contribution in [0.5, 0.6) is 0 Å². The molecule has 3 heterocycles. The van der Waals surface area contributed by atoms with Crippen LogP contribution in [0.3, 0.4) is 0 Å². The molecule has 0 amide bonds. The first-order valence-electron chi connectivity index (χ1n) is 11.8. The number of fused-ring (bicyclic) bond motifs is 1. The molecule has 3 aromatic heterocycles. The number of aryl methyl sites for hydroxylation is 5. The van der Waals surface area contributed by atoms with Crippen LogP contribution in [-0.4, -0.2) is 20.6 Å². The molecule has 166 valence electrons. The highest BCUT2D eigenvalue weighted by molar-refractivity contribution is 5.72. The summed E-state index contributed by atoms with van der Waals surface area (Å²) in [5.41, 5.74) is 7.86. The average molecular weight is 429 g/mol. The van der Waals surface area contributed by atoms with Gasteiger partial charge in [0.2, 0.25) is 0 Å². The van der Waals surface area contributed by atoms with Crippen molar-refractivity contribution < 1.29 is 4.52 Å². The first kappa shape index (κ1) is 20.8. The summed E-state index contributed by atoms with van der Waals surface area (Å²) in [6.45, 7) is 6.09. The Labute approximate surface area is 189 Å². The van der Waals surface area contributed by atoms with Gasteiger partial charge in [0, 0.05) is 17.8 Å². The zero-order valence-electron chi connectivity index (χ0n) is 19.3. The molecule has 1 fully saturated rings. The monoisotopic (exact) mass is 428 g/mol. The number of rotatable bonds is 6. The van der Waals surface area contributed by atoms with Crippen molar-refractivity contribution in [2.24, 2.45) is 0 Å². The highest BCUT2D eigenvalue weighted by atomic mass is 16.5. The van der Waals surface area contributed by atoms with E-state index in [9.17, 15) is 0 Å². The summed E-state index contributed by atoms with van der Waals surface area (Å²) in [4.78, 5) is 5.09. The SMILES string of the molecule is Cc1ccc(CCc2nc3cc(-c4c(C)noc4C)ccn3c2NC2CCCCC2)cc1. The summed E-state index contributed by atoms with van der Waals surface area (Å²) in [6, 6.07) is 13.7. The van der Waals surface area contributed by atoms with E-state index in [0.29, 0.717) is 6.04 Å². The Morgan fingerprint density at radius 1 is 1.00 bits per heavy atom. The van der Waals surface area contributed by atoms with Crippen molar-refractivity contribution in [3.63, 3.8) is 0 Å². The maximum atomic E-state index is 5.40. The predicted molar refractivity (Wildman–Crippen MR) is 129 cm³/mol. The van der Waals surface area contributed by atoms with E-state index in [1.807, 2.05) is 13.8 Å². The van der Waals surface area contributed by atoms with Crippen molar-refractivity contribution in [2.45, 2.75) is 71.8 Å². The van der Waals surface area contributed by atoms with Crippen LogP contribution in [0.4, 0.5) is 5.82 Å². The van der Waals surface area contributed by atoms with Gasteiger partial charge in [0.1, 0.15) is 17.2 Å². The molecule has 1 aliphatic carbocycles. The summed E-state index contributed by atoms with van der Waals surface area (Å²) < 4.78 is 7.62. The number of nitrogens with one attached hydrogen (secondary N) is 1. The molecule has 1 saturated carbocycles. The van der Waals surface area contributed by atoms with Crippen molar-refractivity contribution in [1.82, 2.24) is 14.5 Å². The van der Waals surface area contributed by atoms with Gasteiger partial charge in [-0.15, -0.1) is 0 Å². The lowest BCUT2D eigenvalue weighted by Crippen LogP contribution is -2.23. The minimum Gasteiger partial charge on any atom is -0.367 e. The molecule has 1 N–H and O–H groups in total. The van der Waals surface area contributed by atoms with Crippen LogP contribution in [0, 0.1) is 20.8 Å². The summed E-state index contributed by atoms with van der Waals surface area (Å²) in [7, 11) is 0. The fourth-order valence-corrected chi connectivity index (χ4v) is 4.93. The number of anilines is 1. The van der Waals surface area contributed by atoms with Gasteiger partial charge < -0.3 is 9.84 Å². The third-order valence-corrected chi connectivity index (χ3v) is 6.74. The molecular weight excluding hydrogens is 396 g/mol. The average Bonchev–Trinajstić information content (AvgIpc) is 3.32. The Kier molecular flexibility index (Phi) is 5.73. The molecule has 0 bridgehead atoms. The number of hydrogen-bond acceptors (Lipinski definition) is 4. The fraction of sp³-hybridized carbons (Fsp3) is 0.407. The number of aromatic nitrogens is 3. The van der Waals surface area contributed by atoms with E-state index < -0.39 is 0 Å². The van der Waals surface area contributed by atoms with E-state index in [-0.39, 0.29) is 0 Å². The van der Waals surface area contributed by atoms with Gasteiger partial charge in [0.25, 0.3) is 0 Å². The number of benzene rings is 1. The van der Waals surface area contributed by atoms with Crippen LogP contribution in [0.1, 0.15) is 60.4 Å². The number of pyridine rings is 1. The van der Waals surface area contributed by atoms with Gasteiger partial charge in [-0.1, -0.05) is 54.2 Å². The largest absolute Gasteiger partial charge is 0.367 e. The van der Waals surface area contributed by atoms with E-state index >= 15 is 0 Å². The molecule has 4 aromatic rings. The highest BCUT2D eigenvalue weighted by Crippen LogP contribution is 2.31. The molecule has 5 heteroatoms. The molecule has 0 saturated heterocycles. The van der Waals surface area contributed by atoms with Crippen LogP contribution < -0.4 is 5.32 Å². The first-order chi connectivity index (χ1) is 15.6. The summed E-state index contributed by atoms with van der Waals surface area (Å²) >= 11 is 0. The van der Waals surface area contributed by atoms with Gasteiger partial charge in [-0.05, 0) is 69.7 Å². The van der Waals surface area contributed by atoms with Crippen LogP contribution in [0.25, 0.3) is 16.8 Å². The van der Waals surface area contributed by atoms with Crippen LogP contribution in [0.2, 0.25) is 0 Å². The molecule has 1 aliphatic rings. The standard InChI is InChI=1S/C27H32N4O/c1-18-9-11-21(12-10-18)13-14-24-27(28-23-7-5-4-6-8-23)31-16-15-22(17-25(31)29-24)26-19(2)30-32-20(26)3/h9-12,15-17,23,28H,4-8,13-14H2,1-3H3. The van der Waals surface area contributed by atoms with E-state index in [1.54, 1.807) is 0 Å². The van der Waals surface area contributed by atoms with Crippen LogP contribution >= 0.6 is 0 Å². The maximum absolute atomic E-state index is 5.40. The van der Waals surface area contributed by atoms with Crippen molar-refractivity contribution in [3.8, 4) is 11.1 Å². The van der Waals surface area contributed by atoms with E-state index in [0.717, 1.165) is 52.6 Å². The smallest absolute Gasteiger partial charge is 0.141 e. The van der Waals surface area contributed by atoms with E-state index in [1.165, 1.54) is 43.2 Å². The maximum Gasteiger partial charge on any atom is 0.141 e. The third kappa shape index (κ3) is 4.16. The van der Waals surface area contributed by atoms with Gasteiger partial charge in [-0.25, -0.2) is 4.98 Å². The predicted octanol–water partition coefficient (Wildman–Crippen LogP) is 6.44. The highest BCUT2D eigenvalue weighted by Gasteiger charge is 2.20. The molecule has 0 atom stereocenters. The Hall–Kier alpha value is -3.08. The van der Waals surface area contributed by atoms with Crippen molar-refractivity contribution in [2.75, 3.05) is 5.32 Å². The van der Waals surface area contributed by atoms with Crippen LogP contribution in [-0.2, 0) is 12.8 Å². The molecule has 0 aliphatic heterocycles. The van der Waals surface area contributed by atoms with Gasteiger partial charge in [0.05, 0.1) is 11.4 Å². The minimum atomic E-state index is 0.531. The molecule has 0 unspecified atom stereocenters. The number of hydrogen-bond donors (Lipinski definition) is 1. The summed E-state index contributed by atoms with van der Waals surface area (Å²) in [5.74, 6) is 2.00. The molecule has 0 radical (unpaired) electrons. The minimum absolute atomic E-state index is 0.531. The molecule has 1 aromatic carbocycles. The Morgan fingerprint density at radius 3 is 2.50 bits per heavy atom. The molecule has 5 nitrogen and oxygen atoms in total. The Bertz CT molecular complexity index is 1190. The molecular formula is C27H32N4O. The zero-order chi connectivity index (χ0) is 22.1. The quantitative estimate of drug-likeness (QED) is 0.384. The Balaban J connectivity index is 1.50. The van der Waals surface area contributed by atoms with Crippen LogP contribution in [0.15, 0.2) is 47.1 Å². The van der Waals surface area contributed by atoms with Crippen molar-refractivity contribution in [1.29, 1.82) is 0 Å². The summed E-state index contributed by atoms with van der Waals surface area (Å²) in [5, 5.41) is 7.99. The van der Waals surface area contributed by atoms with Crippen molar-refractivity contribution in [3.05, 3.63) is 70.9 Å². The third-order valence-electron chi connectivity index (χ3n) is 6.74. The lowest BCUT2D eigenvalue weighted by atomic mass is 9.95.